The summed E-state index contributed by atoms with van der Waals surface area (Å²) < 4.78 is 16.1. The van der Waals surface area contributed by atoms with Gasteiger partial charge in [-0.05, 0) is 12.5 Å². The Bertz CT molecular complexity index is 431. The van der Waals surface area contributed by atoms with Gasteiger partial charge >= 0.3 is 5.97 Å². The first-order valence-electron chi connectivity index (χ1n) is 6.44. The summed E-state index contributed by atoms with van der Waals surface area (Å²) in [7, 11) is 0. The molecule has 0 saturated carbocycles. The van der Waals surface area contributed by atoms with E-state index < -0.39 is 5.79 Å². The summed E-state index contributed by atoms with van der Waals surface area (Å²) in [6.07, 6.45) is 4.39. The quantitative estimate of drug-likeness (QED) is 0.739. The van der Waals surface area contributed by atoms with E-state index in [-0.39, 0.29) is 12.4 Å². The SMILES string of the molecule is CCOC(=O)CCC1(Cc2ccccc2)OC=CO1. The molecular weight excluding hydrogens is 244 g/mol. The Morgan fingerprint density at radius 1 is 1.21 bits per heavy atom. The van der Waals surface area contributed by atoms with Gasteiger partial charge in [0, 0.05) is 12.8 Å². The molecule has 1 aliphatic heterocycles. The lowest BCUT2D eigenvalue weighted by atomic mass is 10.0. The molecule has 0 fully saturated rings. The third-order valence-corrected chi connectivity index (χ3v) is 2.95. The molecule has 0 unspecified atom stereocenters. The maximum Gasteiger partial charge on any atom is 0.306 e. The van der Waals surface area contributed by atoms with Crippen LogP contribution >= 0.6 is 0 Å². The van der Waals surface area contributed by atoms with Gasteiger partial charge in [-0.1, -0.05) is 30.3 Å². The van der Waals surface area contributed by atoms with Crippen LogP contribution in [-0.4, -0.2) is 18.4 Å². The standard InChI is InChI=1S/C15H18O4/c1-2-17-14(16)8-9-15(18-10-11-19-15)12-13-6-4-3-5-7-13/h3-7,10-11H,2,8-9,12H2,1H3. The molecule has 102 valence electrons. The second kappa shape index (κ2) is 6.27. The Hall–Kier alpha value is -1.97. The van der Waals surface area contributed by atoms with Crippen LogP contribution in [-0.2, 0) is 25.4 Å². The van der Waals surface area contributed by atoms with Crippen molar-refractivity contribution in [2.24, 2.45) is 0 Å². The van der Waals surface area contributed by atoms with Crippen molar-refractivity contribution in [3.05, 3.63) is 48.4 Å². The molecular formula is C15H18O4. The molecule has 4 nitrogen and oxygen atoms in total. The van der Waals surface area contributed by atoms with Crippen LogP contribution in [0.2, 0.25) is 0 Å². The van der Waals surface area contributed by atoms with Crippen LogP contribution in [0.5, 0.6) is 0 Å². The maximum atomic E-state index is 11.4. The molecule has 0 N–H and O–H groups in total. The van der Waals surface area contributed by atoms with Gasteiger partial charge in [0.1, 0.15) is 12.5 Å². The number of ether oxygens (including phenoxy) is 3. The average Bonchev–Trinajstić information content (AvgIpc) is 2.87. The highest BCUT2D eigenvalue weighted by Gasteiger charge is 2.36. The summed E-state index contributed by atoms with van der Waals surface area (Å²) in [6, 6.07) is 9.92. The molecule has 0 amide bonds. The Labute approximate surface area is 113 Å². The summed E-state index contributed by atoms with van der Waals surface area (Å²) in [5, 5.41) is 0. The normalized spacial score (nSPS) is 15.6. The minimum absolute atomic E-state index is 0.228. The fourth-order valence-corrected chi connectivity index (χ4v) is 2.05. The zero-order valence-corrected chi connectivity index (χ0v) is 11.0. The summed E-state index contributed by atoms with van der Waals surface area (Å²) in [4.78, 5) is 11.4. The highest BCUT2D eigenvalue weighted by atomic mass is 16.7. The van der Waals surface area contributed by atoms with Crippen molar-refractivity contribution in [1.82, 2.24) is 0 Å². The van der Waals surface area contributed by atoms with E-state index in [2.05, 4.69) is 0 Å². The number of hydrogen-bond donors (Lipinski definition) is 0. The molecule has 19 heavy (non-hydrogen) atoms. The van der Waals surface area contributed by atoms with Crippen LogP contribution in [0.25, 0.3) is 0 Å². The molecule has 0 bridgehead atoms. The monoisotopic (exact) mass is 262 g/mol. The van der Waals surface area contributed by atoms with Crippen LogP contribution in [0, 0.1) is 0 Å². The minimum Gasteiger partial charge on any atom is -0.466 e. The molecule has 0 aliphatic carbocycles. The molecule has 0 spiro atoms. The van der Waals surface area contributed by atoms with Gasteiger partial charge in [0.15, 0.2) is 0 Å². The van der Waals surface area contributed by atoms with Crippen LogP contribution in [0.1, 0.15) is 25.3 Å². The van der Waals surface area contributed by atoms with Crippen molar-refractivity contribution >= 4 is 5.97 Å². The topological polar surface area (TPSA) is 44.8 Å². The number of hydrogen-bond acceptors (Lipinski definition) is 4. The first kappa shape index (κ1) is 13.5. The van der Waals surface area contributed by atoms with E-state index in [9.17, 15) is 4.79 Å². The lowest BCUT2D eigenvalue weighted by Gasteiger charge is -2.27. The zero-order chi connectivity index (χ0) is 13.6. The van der Waals surface area contributed by atoms with Crippen LogP contribution in [0.15, 0.2) is 42.9 Å². The Morgan fingerprint density at radius 2 is 1.89 bits per heavy atom. The molecule has 1 aromatic carbocycles. The summed E-state index contributed by atoms with van der Waals surface area (Å²) in [5.41, 5.74) is 1.11. The van der Waals surface area contributed by atoms with Gasteiger partial charge in [-0.25, -0.2) is 0 Å². The lowest BCUT2D eigenvalue weighted by Crippen LogP contribution is -2.33. The number of esters is 1. The van der Waals surface area contributed by atoms with Gasteiger partial charge in [-0.15, -0.1) is 0 Å². The highest BCUT2D eigenvalue weighted by Crippen LogP contribution is 2.30. The second-order valence-corrected chi connectivity index (χ2v) is 4.39. The van der Waals surface area contributed by atoms with Gasteiger partial charge in [0.2, 0.25) is 0 Å². The molecule has 0 aromatic heterocycles. The van der Waals surface area contributed by atoms with Crippen molar-refractivity contribution in [3.8, 4) is 0 Å². The predicted octanol–water partition coefficient (Wildman–Crippen LogP) is 2.79. The number of benzene rings is 1. The summed E-state index contributed by atoms with van der Waals surface area (Å²) in [6.45, 7) is 2.19. The number of carbonyl (C=O) groups is 1. The van der Waals surface area contributed by atoms with E-state index in [0.717, 1.165) is 5.56 Å². The van der Waals surface area contributed by atoms with Gasteiger partial charge in [0.05, 0.1) is 13.0 Å². The molecule has 0 radical (unpaired) electrons. The van der Waals surface area contributed by atoms with E-state index in [4.69, 9.17) is 14.2 Å². The van der Waals surface area contributed by atoms with E-state index in [1.807, 2.05) is 30.3 Å². The van der Waals surface area contributed by atoms with Gasteiger partial charge < -0.3 is 14.2 Å². The third kappa shape index (κ3) is 3.74. The van der Waals surface area contributed by atoms with Crippen LogP contribution in [0.3, 0.4) is 0 Å². The maximum absolute atomic E-state index is 11.4. The van der Waals surface area contributed by atoms with E-state index in [1.165, 1.54) is 12.5 Å². The number of rotatable bonds is 6. The fourth-order valence-electron chi connectivity index (χ4n) is 2.05. The van der Waals surface area contributed by atoms with E-state index in [0.29, 0.717) is 19.4 Å². The Kier molecular flexibility index (Phi) is 4.44. The van der Waals surface area contributed by atoms with Crippen molar-refractivity contribution in [2.75, 3.05) is 6.61 Å². The van der Waals surface area contributed by atoms with Crippen LogP contribution in [0.4, 0.5) is 0 Å². The molecule has 4 heteroatoms. The van der Waals surface area contributed by atoms with Crippen LogP contribution < -0.4 is 0 Å². The second-order valence-electron chi connectivity index (χ2n) is 4.39. The van der Waals surface area contributed by atoms with Gasteiger partial charge in [-0.3, -0.25) is 4.79 Å². The fraction of sp³-hybridized carbons (Fsp3) is 0.400. The van der Waals surface area contributed by atoms with E-state index >= 15 is 0 Å². The Balaban J connectivity index is 1.96. The molecule has 0 atom stereocenters. The molecule has 1 aromatic rings. The Morgan fingerprint density at radius 3 is 2.53 bits per heavy atom. The molecule has 2 rings (SSSR count). The van der Waals surface area contributed by atoms with Gasteiger partial charge in [-0.2, -0.15) is 0 Å². The minimum atomic E-state index is -0.784. The molecule has 1 heterocycles. The first-order chi connectivity index (χ1) is 9.24. The lowest BCUT2D eigenvalue weighted by molar-refractivity contribution is -0.160. The van der Waals surface area contributed by atoms with Gasteiger partial charge in [0.25, 0.3) is 5.79 Å². The average molecular weight is 262 g/mol. The largest absolute Gasteiger partial charge is 0.466 e. The highest BCUT2D eigenvalue weighted by molar-refractivity contribution is 5.69. The van der Waals surface area contributed by atoms with E-state index in [1.54, 1.807) is 6.92 Å². The zero-order valence-electron chi connectivity index (χ0n) is 11.0. The molecule has 0 saturated heterocycles. The van der Waals surface area contributed by atoms with Crippen molar-refractivity contribution in [3.63, 3.8) is 0 Å². The van der Waals surface area contributed by atoms with Crippen molar-refractivity contribution < 1.29 is 19.0 Å². The summed E-state index contributed by atoms with van der Waals surface area (Å²) in [5.74, 6) is -1.01. The van der Waals surface area contributed by atoms with Crippen molar-refractivity contribution in [1.29, 1.82) is 0 Å². The smallest absolute Gasteiger partial charge is 0.306 e. The first-order valence-corrected chi connectivity index (χ1v) is 6.44. The molecule has 1 aliphatic rings. The van der Waals surface area contributed by atoms with Crippen molar-refractivity contribution in [2.45, 2.75) is 32.0 Å². The number of carbonyl (C=O) groups excluding carboxylic acids is 1. The summed E-state index contributed by atoms with van der Waals surface area (Å²) >= 11 is 0. The predicted molar refractivity (Wildman–Crippen MR) is 70.1 cm³/mol. The third-order valence-electron chi connectivity index (χ3n) is 2.95.